The van der Waals surface area contributed by atoms with Crippen LogP contribution in [0.25, 0.3) is 0 Å². The molecule has 0 unspecified atom stereocenters. The van der Waals surface area contributed by atoms with E-state index in [-0.39, 0.29) is 27.9 Å². The number of fused-ring (bicyclic) bond motifs is 1. The highest BCUT2D eigenvalue weighted by Crippen LogP contribution is 2.26. The van der Waals surface area contributed by atoms with Crippen molar-refractivity contribution in [2.75, 3.05) is 44.4 Å². The van der Waals surface area contributed by atoms with Crippen molar-refractivity contribution >= 4 is 31.5 Å². The maximum atomic E-state index is 13.1. The molecule has 0 bridgehead atoms. The second-order valence-corrected chi connectivity index (χ2v) is 11.7. The van der Waals surface area contributed by atoms with Gasteiger partial charge in [0.25, 0.3) is 5.91 Å². The van der Waals surface area contributed by atoms with Gasteiger partial charge in [-0.1, -0.05) is 0 Å². The van der Waals surface area contributed by atoms with Crippen LogP contribution in [0.4, 0.5) is 5.95 Å². The molecule has 0 spiro atoms. The number of nitrogens with zero attached hydrogens (tertiary/aromatic N) is 4. The number of amides is 1. The zero-order chi connectivity index (χ0) is 22.4. The maximum Gasteiger partial charge on any atom is 0.257 e. The lowest BCUT2D eigenvalue weighted by molar-refractivity contribution is 0.0742. The van der Waals surface area contributed by atoms with E-state index >= 15 is 0 Å². The molecule has 1 saturated heterocycles. The largest absolute Gasteiger partial charge is 0.496 e. The molecule has 0 aliphatic carbocycles. The maximum absolute atomic E-state index is 13.1. The van der Waals surface area contributed by atoms with Gasteiger partial charge in [-0.3, -0.25) is 4.79 Å². The summed E-state index contributed by atoms with van der Waals surface area (Å²) in [6.45, 7) is 1.68. The Morgan fingerprint density at radius 2 is 1.84 bits per heavy atom. The number of carbonyl (C=O) groups is 1. The number of hydrogen-bond acceptors (Lipinski definition) is 9. The summed E-state index contributed by atoms with van der Waals surface area (Å²) in [6, 6.07) is 4.23. The summed E-state index contributed by atoms with van der Waals surface area (Å²) in [4.78, 5) is 25.3. The molecule has 3 heterocycles. The van der Waals surface area contributed by atoms with Gasteiger partial charge in [0.1, 0.15) is 5.75 Å². The predicted octanol–water partition coefficient (Wildman–Crippen LogP) is 0.279. The van der Waals surface area contributed by atoms with Crippen molar-refractivity contribution < 1.29 is 26.4 Å². The first kappa shape index (κ1) is 21.5. The number of rotatable bonds is 4. The number of benzene rings is 1. The first-order valence-electron chi connectivity index (χ1n) is 9.55. The Morgan fingerprint density at radius 1 is 1.13 bits per heavy atom. The first-order chi connectivity index (χ1) is 14.6. The number of hydrogen-bond donors (Lipinski definition) is 0. The van der Waals surface area contributed by atoms with Crippen molar-refractivity contribution in [2.24, 2.45) is 0 Å². The lowest BCUT2D eigenvalue weighted by Gasteiger charge is -2.35. The minimum atomic E-state index is -3.47. The summed E-state index contributed by atoms with van der Waals surface area (Å²) < 4.78 is 52.6. The van der Waals surface area contributed by atoms with Gasteiger partial charge in [0, 0.05) is 44.2 Å². The summed E-state index contributed by atoms with van der Waals surface area (Å²) in [5.74, 6) is 0.331. The molecular weight excluding hydrogens is 444 g/mol. The molecule has 1 fully saturated rings. The first-order valence-corrected chi connectivity index (χ1v) is 13.3. The zero-order valence-electron chi connectivity index (χ0n) is 17.1. The van der Waals surface area contributed by atoms with E-state index in [4.69, 9.17) is 4.74 Å². The molecule has 0 saturated carbocycles. The average molecular weight is 467 g/mol. The second kappa shape index (κ2) is 7.75. The zero-order valence-corrected chi connectivity index (χ0v) is 18.7. The van der Waals surface area contributed by atoms with Crippen molar-refractivity contribution in [1.82, 2.24) is 14.9 Å². The topological polar surface area (TPSA) is 127 Å². The molecule has 31 heavy (non-hydrogen) atoms. The number of ether oxygens (including phenoxy) is 1. The number of methoxy groups -OCH3 is 1. The number of carbonyl (C=O) groups excluding carboxylic acids is 1. The Labute approximate surface area is 180 Å². The fourth-order valence-electron chi connectivity index (χ4n) is 3.69. The smallest absolute Gasteiger partial charge is 0.257 e. The van der Waals surface area contributed by atoms with Crippen LogP contribution in [0.5, 0.6) is 5.75 Å². The van der Waals surface area contributed by atoms with Crippen molar-refractivity contribution in [1.29, 1.82) is 0 Å². The molecule has 4 rings (SSSR count). The number of piperazine rings is 1. The molecule has 12 heteroatoms. The van der Waals surface area contributed by atoms with Crippen LogP contribution in [0.2, 0.25) is 0 Å². The molecule has 2 aromatic rings. The molecule has 2 aliphatic heterocycles. The minimum Gasteiger partial charge on any atom is -0.496 e. The van der Waals surface area contributed by atoms with Crippen molar-refractivity contribution in [3.63, 3.8) is 0 Å². The van der Waals surface area contributed by atoms with E-state index in [0.29, 0.717) is 49.1 Å². The van der Waals surface area contributed by atoms with Gasteiger partial charge < -0.3 is 14.5 Å². The standard InChI is InChI=1S/C19H22N4O6S2/c1-29-17-4-3-14(30(2,25)26)9-15(17)18(24)22-5-7-23(8-6-22)19-20-10-13-11-31(27,28)12-16(13)21-19/h3-4,9-10H,5-8,11-12H2,1-2H3. The Morgan fingerprint density at radius 3 is 2.48 bits per heavy atom. The molecule has 10 nitrogen and oxygen atoms in total. The van der Waals surface area contributed by atoms with Gasteiger partial charge in [-0.05, 0) is 18.2 Å². The lowest BCUT2D eigenvalue weighted by Crippen LogP contribution is -2.49. The summed E-state index contributed by atoms with van der Waals surface area (Å²) in [5.41, 5.74) is 1.36. The van der Waals surface area contributed by atoms with Gasteiger partial charge in [-0.2, -0.15) is 0 Å². The van der Waals surface area contributed by atoms with E-state index in [0.717, 1.165) is 6.26 Å². The van der Waals surface area contributed by atoms with Crippen LogP contribution in [0.3, 0.4) is 0 Å². The third-order valence-corrected chi connectivity index (χ3v) is 7.93. The Hall–Kier alpha value is -2.73. The summed E-state index contributed by atoms with van der Waals surface area (Å²) in [5, 5.41) is 0. The van der Waals surface area contributed by atoms with E-state index in [1.54, 1.807) is 11.1 Å². The van der Waals surface area contributed by atoms with Crippen molar-refractivity contribution in [3.8, 4) is 5.75 Å². The Bertz CT molecular complexity index is 1250. The highest BCUT2D eigenvalue weighted by Gasteiger charge is 2.30. The van der Waals surface area contributed by atoms with Gasteiger partial charge in [-0.15, -0.1) is 0 Å². The molecule has 0 atom stereocenters. The summed E-state index contributed by atoms with van der Waals surface area (Å²) in [7, 11) is -5.19. The fourth-order valence-corrected chi connectivity index (χ4v) is 5.82. The van der Waals surface area contributed by atoms with E-state index in [2.05, 4.69) is 9.97 Å². The second-order valence-electron chi connectivity index (χ2n) is 7.59. The van der Waals surface area contributed by atoms with E-state index in [9.17, 15) is 21.6 Å². The monoisotopic (exact) mass is 466 g/mol. The van der Waals surface area contributed by atoms with Crippen molar-refractivity contribution in [2.45, 2.75) is 16.4 Å². The Balaban J connectivity index is 1.49. The number of aromatic nitrogens is 2. The average Bonchev–Trinajstić information content (AvgIpc) is 3.05. The normalized spacial score (nSPS) is 18.0. The van der Waals surface area contributed by atoms with Gasteiger partial charge in [0.05, 0.1) is 34.8 Å². The molecule has 1 aromatic heterocycles. The van der Waals surface area contributed by atoms with Gasteiger partial charge in [-0.25, -0.2) is 26.8 Å². The van der Waals surface area contributed by atoms with Crippen LogP contribution in [-0.4, -0.2) is 77.2 Å². The van der Waals surface area contributed by atoms with Crippen molar-refractivity contribution in [3.05, 3.63) is 41.2 Å². The highest BCUT2D eigenvalue weighted by atomic mass is 32.2. The van der Waals surface area contributed by atoms with Crippen LogP contribution in [0.1, 0.15) is 21.6 Å². The molecule has 2 aliphatic rings. The van der Waals surface area contributed by atoms with Crippen LogP contribution in [-0.2, 0) is 31.2 Å². The summed E-state index contributed by atoms with van der Waals surface area (Å²) in [6.07, 6.45) is 2.64. The Kier molecular flexibility index (Phi) is 5.38. The van der Waals surface area contributed by atoms with Gasteiger partial charge in [0.15, 0.2) is 19.7 Å². The van der Waals surface area contributed by atoms with Crippen LogP contribution >= 0.6 is 0 Å². The SMILES string of the molecule is COc1ccc(S(C)(=O)=O)cc1C(=O)N1CCN(c2ncc3c(n2)CS(=O)(=O)C3)CC1. The molecular formula is C19H22N4O6S2. The lowest BCUT2D eigenvalue weighted by atomic mass is 10.1. The molecule has 0 radical (unpaired) electrons. The quantitative estimate of drug-likeness (QED) is 0.624. The van der Waals surface area contributed by atoms with Crippen LogP contribution in [0, 0.1) is 0 Å². The van der Waals surface area contributed by atoms with E-state index in [1.165, 1.54) is 25.3 Å². The molecule has 0 N–H and O–H groups in total. The summed E-state index contributed by atoms with van der Waals surface area (Å²) >= 11 is 0. The van der Waals surface area contributed by atoms with Gasteiger partial charge in [0.2, 0.25) is 5.95 Å². The predicted molar refractivity (Wildman–Crippen MR) is 113 cm³/mol. The molecule has 1 aromatic carbocycles. The van der Waals surface area contributed by atoms with Crippen LogP contribution in [0.15, 0.2) is 29.3 Å². The van der Waals surface area contributed by atoms with E-state index in [1.807, 2.05) is 4.90 Å². The van der Waals surface area contributed by atoms with E-state index < -0.39 is 19.7 Å². The molecule has 1 amide bonds. The van der Waals surface area contributed by atoms with Crippen LogP contribution < -0.4 is 9.64 Å². The molecule has 166 valence electrons. The highest BCUT2D eigenvalue weighted by molar-refractivity contribution is 7.90. The third kappa shape index (κ3) is 4.35. The van der Waals surface area contributed by atoms with Gasteiger partial charge >= 0.3 is 0 Å². The number of sulfone groups is 2. The number of anilines is 1. The third-order valence-electron chi connectivity index (χ3n) is 5.35. The minimum absolute atomic E-state index is 0.0285. The fraction of sp³-hybridized carbons (Fsp3) is 0.421.